The first-order valence-corrected chi connectivity index (χ1v) is 6.65. The van der Waals surface area contributed by atoms with Crippen LogP contribution in [-0.4, -0.2) is 0 Å². The third-order valence-electron chi connectivity index (χ3n) is 2.90. The molecule has 0 unspecified atom stereocenters. The summed E-state index contributed by atoms with van der Waals surface area (Å²) in [5.41, 5.74) is 2.64. The number of hydrogen-bond donors (Lipinski definition) is 0. The van der Waals surface area contributed by atoms with Gasteiger partial charge < -0.3 is 0 Å². The molecule has 1 heteroatoms. The Morgan fingerprint density at radius 2 is 1.39 bits per heavy atom. The molecule has 0 saturated carbocycles. The molecule has 0 aliphatic carbocycles. The van der Waals surface area contributed by atoms with Crippen LogP contribution >= 0.6 is 11.6 Å². The highest BCUT2D eigenvalue weighted by atomic mass is 35.5. The number of rotatable bonds is 5. The summed E-state index contributed by atoms with van der Waals surface area (Å²) in [4.78, 5) is 0. The van der Waals surface area contributed by atoms with Crippen molar-refractivity contribution < 1.29 is 0 Å². The molecule has 0 bridgehead atoms. The summed E-state index contributed by atoms with van der Waals surface area (Å²) in [5, 5.41) is 0.947. The lowest BCUT2D eigenvalue weighted by Gasteiger charge is -2.01. The van der Waals surface area contributed by atoms with Crippen LogP contribution in [0.3, 0.4) is 0 Å². The Bertz CT molecular complexity index is 486. The zero-order valence-corrected chi connectivity index (χ0v) is 11.1. The lowest BCUT2D eigenvalue weighted by molar-refractivity contribution is 0.978. The largest absolute Gasteiger partial charge is 0.0895 e. The number of hydrogen-bond acceptors (Lipinski definition) is 0. The molecule has 0 amide bonds. The van der Waals surface area contributed by atoms with Crippen LogP contribution in [-0.2, 0) is 12.8 Å². The van der Waals surface area contributed by atoms with Gasteiger partial charge in [-0.3, -0.25) is 0 Å². The van der Waals surface area contributed by atoms with Crippen LogP contribution in [0, 0.1) is 0 Å². The average Bonchev–Trinajstić information content (AvgIpc) is 2.45. The van der Waals surface area contributed by atoms with E-state index in [4.69, 9.17) is 11.6 Å². The molecule has 0 heterocycles. The van der Waals surface area contributed by atoms with Gasteiger partial charge in [-0.15, -0.1) is 0 Å². The van der Waals surface area contributed by atoms with Crippen molar-refractivity contribution in [2.75, 3.05) is 0 Å². The van der Waals surface area contributed by atoms with Gasteiger partial charge in [0.1, 0.15) is 0 Å². The van der Waals surface area contributed by atoms with E-state index in [1.54, 1.807) is 0 Å². The van der Waals surface area contributed by atoms with E-state index < -0.39 is 0 Å². The molecule has 0 radical (unpaired) electrons. The highest BCUT2D eigenvalue weighted by Gasteiger charge is 1.96. The van der Waals surface area contributed by atoms with Crippen LogP contribution in [0.2, 0.25) is 0 Å². The molecule has 0 atom stereocenters. The molecule has 0 nitrogen and oxygen atoms in total. The van der Waals surface area contributed by atoms with Gasteiger partial charge in [-0.1, -0.05) is 78.3 Å². The van der Waals surface area contributed by atoms with Gasteiger partial charge in [0.05, 0.1) is 0 Å². The number of benzene rings is 2. The molecule has 0 saturated heterocycles. The lowest BCUT2D eigenvalue weighted by atomic mass is 10.1. The molecule has 0 aliphatic heterocycles. The van der Waals surface area contributed by atoms with Gasteiger partial charge >= 0.3 is 0 Å². The standard InChI is InChI=1S/C17H17Cl/c18-17(13-11-15-7-3-1-4-8-15)14-12-16-9-5-2-6-10-16/h1-10,13H,11-12,14H2. The average molecular weight is 257 g/mol. The zero-order valence-electron chi connectivity index (χ0n) is 10.4. The summed E-state index contributed by atoms with van der Waals surface area (Å²) in [6, 6.07) is 20.8. The van der Waals surface area contributed by atoms with E-state index in [-0.39, 0.29) is 0 Å². The molecule has 2 rings (SSSR count). The minimum absolute atomic E-state index is 0.911. The van der Waals surface area contributed by atoms with Gasteiger partial charge in [0, 0.05) is 5.03 Å². The molecular formula is C17H17Cl. The van der Waals surface area contributed by atoms with Crippen molar-refractivity contribution in [2.24, 2.45) is 0 Å². The fourth-order valence-electron chi connectivity index (χ4n) is 1.85. The SMILES string of the molecule is ClC(=CCc1ccccc1)CCc1ccccc1. The third-order valence-corrected chi connectivity index (χ3v) is 3.24. The van der Waals surface area contributed by atoms with Gasteiger partial charge in [-0.2, -0.15) is 0 Å². The fraction of sp³-hybridized carbons (Fsp3) is 0.176. The first-order valence-electron chi connectivity index (χ1n) is 6.27. The molecular weight excluding hydrogens is 240 g/mol. The second-order valence-electron chi connectivity index (χ2n) is 4.33. The highest BCUT2D eigenvalue weighted by Crippen LogP contribution is 2.14. The molecule has 18 heavy (non-hydrogen) atoms. The normalized spacial score (nSPS) is 11.5. The Kier molecular flexibility index (Phi) is 5.04. The summed E-state index contributed by atoms with van der Waals surface area (Å²) in [6.45, 7) is 0. The monoisotopic (exact) mass is 256 g/mol. The van der Waals surface area contributed by atoms with Crippen molar-refractivity contribution in [3.63, 3.8) is 0 Å². The fourth-order valence-corrected chi connectivity index (χ4v) is 2.02. The number of halogens is 1. The van der Waals surface area contributed by atoms with E-state index in [2.05, 4.69) is 54.6 Å². The Morgan fingerprint density at radius 3 is 2.00 bits per heavy atom. The quantitative estimate of drug-likeness (QED) is 0.707. The van der Waals surface area contributed by atoms with Crippen LogP contribution < -0.4 is 0 Å². The van der Waals surface area contributed by atoms with Crippen LogP contribution in [0.1, 0.15) is 17.5 Å². The maximum Gasteiger partial charge on any atom is 0.0147 e. The first kappa shape index (κ1) is 12.9. The molecule has 2 aromatic rings. The van der Waals surface area contributed by atoms with E-state index in [1.165, 1.54) is 11.1 Å². The zero-order chi connectivity index (χ0) is 12.6. The van der Waals surface area contributed by atoms with Crippen LogP contribution in [0.25, 0.3) is 0 Å². The Labute approximate surface area is 114 Å². The Morgan fingerprint density at radius 1 is 0.833 bits per heavy atom. The molecule has 92 valence electrons. The maximum atomic E-state index is 6.24. The summed E-state index contributed by atoms with van der Waals surface area (Å²) in [5.74, 6) is 0. The van der Waals surface area contributed by atoms with E-state index in [0.29, 0.717) is 0 Å². The number of aryl methyl sites for hydroxylation is 1. The van der Waals surface area contributed by atoms with Crippen LogP contribution in [0.15, 0.2) is 71.8 Å². The molecule has 0 spiro atoms. The molecule has 0 N–H and O–H groups in total. The lowest BCUT2D eigenvalue weighted by Crippen LogP contribution is -1.86. The summed E-state index contributed by atoms with van der Waals surface area (Å²) < 4.78 is 0. The topological polar surface area (TPSA) is 0 Å². The minimum Gasteiger partial charge on any atom is -0.0895 e. The van der Waals surface area contributed by atoms with Gasteiger partial charge in [0.2, 0.25) is 0 Å². The number of allylic oxidation sites excluding steroid dienone is 2. The van der Waals surface area contributed by atoms with Crippen molar-refractivity contribution in [3.8, 4) is 0 Å². The van der Waals surface area contributed by atoms with E-state index in [9.17, 15) is 0 Å². The van der Waals surface area contributed by atoms with Crippen LogP contribution in [0.5, 0.6) is 0 Å². The Hall–Kier alpha value is -1.53. The predicted molar refractivity (Wildman–Crippen MR) is 78.8 cm³/mol. The summed E-state index contributed by atoms with van der Waals surface area (Å²) in [6.07, 6.45) is 4.94. The molecule has 2 aromatic carbocycles. The van der Waals surface area contributed by atoms with Gasteiger partial charge in [0.25, 0.3) is 0 Å². The van der Waals surface area contributed by atoms with E-state index in [0.717, 1.165) is 24.3 Å². The van der Waals surface area contributed by atoms with E-state index >= 15 is 0 Å². The Balaban J connectivity index is 1.83. The van der Waals surface area contributed by atoms with Crippen molar-refractivity contribution in [3.05, 3.63) is 82.9 Å². The summed E-state index contributed by atoms with van der Waals surface area (Å²) >= 11 is 6.24. The predicted octanol–water partition coefficient (Wildman–Crippen LogP) is 4.98. The highest BCUT2D eigenvalue weighted by molar-refractivity contribution is 6.29. The van der Waals surface area contributed by atoms with Crippen molar-refractivity contribution in [1.29, 1.82) is 0 Å². The van der Waals surface area contributed by atoms with Gasteiger partial charge in [-0.05, 0) is 30.4 Å². The van der Waals surface area contributed by atoms with E-state index in [1.807, 2.05) is 12.1 Å². The molecule has 0 aliphatic rings. The summed E-state index contributed by atoms with van der Waals surface area (Å²) in [7, 11) is 0. The first-order chi connectivity index (χ1) is 8.84. The van der Waals surface area contributed by atoms with Gasteiger partial charge in [0.15, 0.2) is 0 Å². The van der Waals surface area contributed by atoms with Crippen molar-refractivity contribution in [1.82, 2.24) is 0 Å². The minimum atomic E-state index is 0.911. The second kappa shape index (κ2) is 7.03. The molecule has 0 fully saturated rings. The maximum absolute atomic E-state index is 6.24. The van der Waals surface area contributed by atoms with Crippen LogP contribution in [0.4, 0.5) is 0 Å². The second-order valence-corrected chi connectivity index (χ2v) is 4.81. The van der Waals surface area contributed by atoms with Crippen molar-refractivity contribution in [2.45, 2.75) is 19.3 Å². The van der Waals surface area contributed by atoms with Crippen molar-refractivity contribution >= 4 is 11.6 Å². The van der Waals surface area contributed by atoms with Gasteiger partial charge in [-0.25, -0.2) is 0 Å². The molecule has 0 aromatic heterocycles. The third kappa shape index (κ3) is 4.38. The smallest absolute Gasteiger partial charge is 0.0147 e.